The van der Waals surface area contributed by atoms with Gasteiger partial charge in [0.05, 0.1) is 5.92 Å². The molecule has 9 heavy (non-hydrogen) atoms. The van der Waals surface area contributed by atoms with Gasteiger partial charge in [0.1, 0.15) is 0 Å². The molecular formula is C5H12O4. The van der Waals surface area contributed by atoms with Gasteiger partial charge in [-0.05, 0) is 12.8 Å². The fraction of sp³-hybridized carbons (Fsp3) is 0.800. The van der Waals surface area contributed by atoms with Crippen molar-refractivity contribution in [1.29, 1.82) is 0 Å². The lowest BCUT2D eigenvalue weighted by atomic mass is 9.86. The lowest BCUT2D eigenvalue weighted by molar-refractivity contribution is -0.144. The minimum Gasteiger partial charge on any atom is -0.481 e. The smallest absolute Gasteiger partial charge is 0.306 e. The average molecular weight is 136 g/mol. The predicted octanol–water partition coefficient (Wildman–Crippen LogP) is -0.778. The lowest BCUT2D eigenvalue weighted by Gasteiger charge is -2.19. The van der Waals surface area contributed by atoms with Crippen molar-refractivity contribution in [3.05, 3.63) is 0 Å². The van der Waals surface area contributed by atoms with E-state index in [1.807, 2.05) is 0 Å². The van der Waals surface area contributed by atoms with Crippen LogP contribution < -0.4 is 0 Å². The van der Waals surface area contributed by atoms with Crippen molar-refractivity contribution in [2.75, 3.05) is 0 Å². The molecule has 5 N–H and O–H groups in total. The highest BCUT2D eigenvalue weighted by Crippen LogP contribution is 2.25. The highest BCUT2D eigenvalue weighted by Gasteiger charge is 2.23. The molecule has 0 atom stereocenters. The van der Waals surface area contributed by atoms with E-state index in [4.69, 9.17) is 5.11 Å². The van der Waals surface area contributed by atoms with E-state index in [0.29, 0.717) is 0 Å². The standard InChI is InChI=1S/C5H8O2.2H2O/c6-5(7)4-2-1-3-4;;/h4H,1-3H2,(H,6,7);2*1H2. The van der Waals surface area contributed by atoms with Gasteiger partial charge in [0, 0.05) is 0 Å². The first-order chi connectivity index (χ1) is 3.30. The molecule has 0 aromatic rings. The molecule has 1 saturated carbocycles. The maximum absolute atomic E-state index is 9.98. The molecule has 0 saturated heterocycles. The molecule has 0 amide bonds. The van der Waals surface area contributed by atoms with Gasteiger partial charge in [-0.2, -0.15) is 0 Å². The summed E-state index contributed by atoms with van der Waals surface area (Å²) in [6, 6.07) is 0. The first-order valence-corrected chi connectivity index (χ1v) is 2.53. The van der Waals surface area contributed by atoms with Crippen molar-refractivity contribution < 1.29 is 20.9 Å². The largest absolute Gasteiger partial charge is 0.481 e. The Morgan fingerprint density at radius 3 is 1.78 bits per heavy atom. The summed E-state index contributed by atoms with van der Waals surface area (Å²) in [4.78, 5) is 9.98. The summed E-state index contributed by atoms with van der Waals surface area (Å²) in [7, 11) is 0. The molecule has 0 aliphatic heterocycles. The summed E-state index contributed by atoms with van der Waals surface area (Å²) in [6.45, 7) is 0. The molecule has 0 unspecified atom stereocenters. The van der Waals surface area contributed by atoms with Gasteiger partial charge in [-0.15, -0.1) is 0 Å². The second kappa shape index (κ2) is 4.29. The Bertz CT molecular complexity index is 87.0. The van der Waals surface area contributed by atoms with Crippen molar-refractivity contribution in [2.45, 2.75) is 19.3 Å². The second-order valence-corrected chi connectivity index (χ2v) is 1.97. The van der Waals surface area contributed by atoms with Crippen molar-refractivity contribution in [3.8, 4) is 0 Å². The molecule has 4 heteroatoms. The second-order valence-electron chi connectivity index (χ2n) is 1.97. The van der Waals surface area contributed by atoms with Crippen molar-refractivity contribution >= 4 is 5.97 Å². The van der Waals surface area contributed by atoms with E-state index in [2.05, 4.69) is 0 Å². The maximum atomic E-state index is 9.98. The normalized spacial score (nSPS) is 16.4. The van der Waals surface area contributed by atoms with Crippen LogP contribution in [0.1, 0.15) is 19.3 Å². The zero-order chi connectivity index (χ0) is 5.28. The summed E-state index contributed by atoms with van der Waals surface area (Å²) in [5.74, 6) is -0.619. The van der Waals surface area contributed by atoms with Crippen molar-refractivity contribution in [2.24, 2.45) is 5.92 Å². The molecule has 0 aromatic carbocycles. The van der Waals surface area contributed by atoms with Crippen LogP contribution in [0.3, 0.4) is 0 Å². The van der Waals surface area contributed by atoms with E-state index in [1.54, 1.807) is 0 Å². The quantitative estimate of drug-likeness (QED) is 0.511. The van der Waals surface area contributed by atoms with Crippen molar-refractivity contribution in [3.63, 3.8) is 0 Å². The van der Waals surface area contributed by atoms with Crippen LogP contribution in [-0.2, 0) is 4.79 Å². The van der Waals surface area contributed by atoms with Crippen molar-refractivity contribution in [1.82, 2.24) is 0 Å². The molecule has 56 valence electrons. The molecule has 1 aliphatic rings. The number of carboxylic acids is 1. The van der Waals surface area contributed by atoms with Crippen LogP contribution in [0.15, 0.2) is 0 Å². The first-order valence-electron chi connectivity index (χ1n) is 2.53. The summed E-state index contributed by atoms with van der Waals surface area (Å²) in [5, 5.41) is 8.23. The third kappa shape index (κ3) is 2.43. The van der Waals surface area contributed by atoms with Gasteiger partial charge in [-0.25, -0.2) is 0 Å². The zero-order valence-electron chi connectivity index (χ0n) is 5.05. The Hall–Kier alpha value is -0.610. The SMILES string of the molecule is O.O.O=C(O)C1CCC1. The van der Waals surface area contributed by atoms with Gasteiger partial charge >= 0.3 is 5.97 Å². The van der Waals surface area contributed by atoms with Gasteiger partial charge in [0.2, 0.25) is 0 Å². The molecular weight excluding hydrogens is 124 g/mol. The monoisotopic (exact) mass is 136 g/mol. The van der Waals surface area contributed by atoms with Crippen LogP contribution in [0.4, 0.5) is 0 Å². The Kier molecular flexibility index (Phi) is 5.34. The number of carboxylic acid groups (broad SMARTS) is 1. The molecule has 0 radical (unpaired) electrons. The van der Waals surface area contributed by atoms with Gasteiger partial charge in [-0.3, -0.25) is 4.79 Å². The Balaban J connectivity index is 0. The van der Waals surface area contributed by atoms with E-state index in [-0.39, 0.29) is 16.9 Å². The minimum absolute atomic E-state index is 0. The van der Waals surface area contributed by atoms with Gasteiger partial charge in [0.15, 0.2) is 0 Å². The van der Waals surface area contributed by atoms with Gasteiger partial charge in [0.25, 0.3) is 0 Å². The summed E-state index contributed by atoms with van der Waals surface area (Å²) in [5.41, 5.74) is 0. The molecule has 1 fully saturated rings. The third-order valence-electron chi connectivity index (χ3n) is 1.45. The lowest BCUT2D eigenvalue weighted by Crippen LogP contribution is -2.20. The van der Waals surface area contributed by atoms with E-state index in [0.717, 1.165) is 19.3 Å². The van der Waals surface area contributed by atoms with Crippen LogP contribution in [0.25, 0.3) is 0 Å². The van der Waals surface area contributed by atoms with Crippen LogP contribution in [-0.4, -0.2) is 22.0 Å². The summed E-state index contributed by atoms with van der Waals surface area (Å²) < 4.78 is 0. The Morgan fingerprint density at radius 1 is 1.33 bits per heavy atom. The number of hydrogen-bond donors (Lipinski definition) is 1. The fourth-order valence-electron chi connectivity index (χ4n) is 0.655. The number of rotatable bonds is 1. The summed E-state index contributed by atoms with van der Waals surface area (Å²) >= 11 is 0. The number of carbonyl (C=O) groups is 1. The van der Waals surface area contributed by atoms with Crippen LogP contribution in [0.5, 0.6) is 0 Å². The molecule has 0 aromatic heterocycles. The fourth-order valence-corrected chi connectivity index (χ4v) is 0.655. The van der Waals surface area contributed by atoms with E-state index >= 15 is 0 Å². The Morgan fingerprint density at radius 2 is 1.78 bits per heavy atom. The third-order valence-corrected chi connectivity index (χ3v) is 1.45. The minimum atomic E-state index is -0.619. The number of aliphatic carboxylic acids is 1. The molecule has 0 bridgehead atoms. The molecule has 0 spiro atoms. The highest BCUT2D eigenvalue weighted by atomic mass is 16.4. The maximum Gasteiger partial charge on any atom is 0.306 e. The molecule has 1 aliphatic carbocycles. The van der Waals surface area contributed by atoms with Gasteiger partial charge in [-0.1, -0.05) is 6.42 Å². The van der Waals surface area contributed by atoms with E-state index in [9.17, 15) is 4.79 Å². The molecule has 1 rings (SSSR count). The molecule has 0 heterocycles. The highest BCUT2D eigenvalue weighted by molar-refractivity contribution is 5.70. The Labute approximate surface area is 53.1 Å². The average Bonchev–Trinajstić information content (AvgIpc) is 1.23. The van der Waals surface area contributed by atoms with Crippen LogP contribution in [0, 0.1) is 5.92 Å². The topological polar surface area (TPSA) is 100 Å². The summed E-state index contributed by atoms with van der Waals surface area (Å²) in [6.07, 6.45) is 2.90. The van der Waals surface area contributed by atoms with Crippen LogP contribution in [0.2, 0.25) is 0 Å². The van der Waals surface area contributed by atoms with E-state index < -0.39 is 5.97 Å². The van der Waals surface area contributed by atoms with Crippen LogP contribution >= 0.6 is 0 Å². The van der Waals surface area contributed by atoms with Gasteiger partial charge < -0.3 is 16.1 Å². The molecule has 4 nitrogen and oxygen atoms in total. The predicted molar refractivity (Wildman–Crippen MR) is 32.2 cm³/mol. The number of hydrogen-bond acceptors (Lipinski definition) is 1. The zero-order valence-corrected chi connectivity index (χ0v) is 5.05. The first kappa shape index (κ1) is 11.2. The van der Waals surface area contributed by atoms with E-state index in [1.165, 1.54) is 0 Å².